The van der Waals surface area contributed by atoms with Crippen LogP contribution in [-0.2, 0) is 0 Å². The van der Waals surface area contributed by atoms with Crippen molar-refractivity contribution in [1.82, 2.24) is 9.97 Å². The van der Waals surface area contributed by atoms with Crippen molar-refractivity contribution in [2.45, 2.75) is 13.8 Å². The lowest BCUT2D eigenvalue weighted by Gasteiger charge is -2.01. The third kappa shape index (κ3) is 0.898. The lowest BCUT2D eigenvalue weighted by Crippen LogP contribution is -1.84. The summed E-state index contributed by atoms with van der Waals surface area (Å²) in [6.07, 6.45) is 0. The van der Waals surface area contributed by atoms with Gasteiger partial charge in [0, 0.05) is 0 Å². The highest BCUT2D eigenvalue weighted by atomic mass is 32.1. The normalized spacial score (nSPS) is 11.6. The average molecular weight is 220 g/mol. The summed E-state index contributed by atoms with van der Waals surface area (Å²) in [5.74, 6) is 0. The Hall–Kier alpha value is -1.00. The largest absolute Gasteiger partial charge is 0.244 e. The highest BCUT2D eigenvalue weighted by molar-refractivity contribution is 7.25. The van der Waals surface area contributed by atoms with E-state index < -0.39 is 0 Å². The van der Waals surface area contributed by atoms with Gasteiger partial charge in [-0.15, -0.1) is 22.7 Å². The van der Waals surface area contributed by atoms with E-state index in [4.69, 9.17) is 0 Å². The highest BCUT2D eigenvalue weighted by Gasteiger charge is 2.12. The van der Waals surface area contributed by atoms with E-state index in [0.717, 1.165) is 11.0 Å². The minimum absolute atomic E-state index is 1.14. The molecule has 2 aromatic heterocycles. The minimum Gasteiger partial charge on any atom is -0.244 e. The van der Waals surface area contributed by atoms with Crippen molar-refractivity contribution < 1.29 is 0 Å². The van der Waals surface area contributed by atoms with Crippen LogP contribution in [0.15, 0.2) is 11.0 Å². The summed E-state index contributed by atoms with van der Waals surface area (Å²) in [4.78, 5) is 8.81. The van der Waals surface area contributed by atoms with Gasteiger partial charge in [0.1, 0.15) is 0 Å². The number of nitrogens with zero attached hydrogens (tertiary/aromatic N) is 2. The van der Waals surface area contributed by atoms with E-state index in [1.54, 1.807) is 22.7 Å². The summed E-state index contributed by atoms with van der Waals surface area (Å²) in [5, 5.41) is 0. The molecule has 1 aromatic carbocycles. The van der Waals surface area contributed by atoms with Gasteiger partial charge in [0.05, 0.1) is 31.5 Å². The molecule has 70 valence electrons. The van der Waals surface area contributed by atoms with Gasteiger partial charge in [-0.1, -0.05) is 0 Å². The molecule has 0 atom stereocenters. The van der Waals surface area contributed by atoms with Gasteiger partial charge in [-0.25, -0.2) is 9.97 Å². The highest BCUT2D eigenvalue weighted by Crippen LogP contribution is 2.35. The van der Waals surface area contributed by atoms with Crippen LogP contribution in [0, 0.1) is 13.8 Å². The maximum absolute atomic E-state index is 4.41. The fourth-order valence-electron chi connectivity index (χ4n) is 1.70. The van der Waals surface area contributed by atoms with Gasteiger partial charge >= 0.3 is 0 Å². The predicted molar refractivity (Wildman–Crippen MR) is 62.3 cm³/mol. The Balaban J connectivity index is 2.73. The first kappa shape index (κ1) is 8.32. The van der Waals surface area contributed by atoms with Crippen molar-refractivity contribution >= 4 is 43.1 Å². The molecule has 3 rings (SSSR count). The molecule has 0 saturated heterocycles. The third-order valence-electron chi connectivity index (χ3n) is 2.61. The van der Waals surface area contributed by atoms with Crippen LogP contribution in [-0.4, -0.2) is 9.97 Å². The first-order valence-corrected chi connectivity index (χ1v) is 6.10. The zero-order chi connectivity index (χ0) is 9.71. The Morgan fingerprint density at radius 3 is 1.71 bits per heavy atom. The number of benzene rings is 1. The molecule has 0 N–H and O–H groups in total. The summed E-state index contributed by atoms with van der Waals surface area (Å²) in [6, 6.07) is 0. The van der Waals surface area contributed by atoms with Gasteiger partial charge in [0.2, 0.25) is 0 Å². The Labute approximate surface area is 89.2 Å². The van der Waals surface area contributed by atoms with E-state index >= 15 is 0 Å². The van der Waals surface area contributed by atoms with Crippen LogP contribution in [0.2, 0.25) is 0 Å². The molecule has 0 fully saturated rings. The number of thiazole rings is 2. The van der Waals surface area contributed by atoms with Gasteiger partial charge in [0.25, 0.3) is 0 Å². The molecule has 14 heavy (non-hydrogen) atoms. The second-order valence-corrected chi connectivity index (χ2v) is 5.02. The van der Waals surface area contributed by atoms with E-state index in [2.05, 4.69) is 23.8 Å². The van der Waals surface area contributed by atoms with E-state index in [0.29, 0.717) is 0 Å². The number of fused-ring (bicyclic) bond motifs is 3. The fraction of sp³-hybridized carbons (Fsp3) is 0.200. The van der Waals surface area contributed by atoms with Crippen molar-refractivity contribution in [3.05, 3.63) is 22.1 Å². The zero-order valence-corrected chi connectivity index (χ0v) is 9.50. The summed E-state index contributed by atoms with van der Waals surface area (Å²) >= 11 is 3.41. The van der Waals surface area contributed by atoms with Crippen molar-refractivity contribution in [3.8, 4) is 0 Å². The molecule has 0 amide bonds. The maximum atomic E-state index is 4.41. The number of rotatable bonds is 0. The minimum atomic E-state index is 1.14. The molecule has 0 bridgehead atoms. The number of aromatic nitrogens is 2. The molecule has 0 unspecified atom stereocenters. The SMILES string of the molecule is Cc1c(C)c2ncsc2c2scnc12. The van der Waals surface area contributed by atoms with E-state index in [1.165, 1.54) is 20.5 Å². The second-order valence-electron chi connectivity index (χ2n) is 3.31. The quantitative estimate of drug-likeness (QED) is 0.579. The Bertz CT molecular complexity index is 566. The fourth-order valence-corrected chi connectivity index (χ4v) is 3.56. The number of hydrogen-bond acceptors (Lipinski definition) is 4. The summed E-state index contributed by atoms with van der Waals surface area (Å²) in [7, 11) is 0. The van der Waals surface area contributed by atoms with Crippen LogP contribution >= 0.6 is 22.7 Å². The monoisotopic (exact) mass is 220 g/mol. The molecular formula is C10H8N2S2. The molecule has 0 aliphatic heterocycles. The predicted octanol–water partition coefficient (Wildman–Crippen LogP) is 3.52. The van der Waals surface area contributed by atoms with Crippen LogP contribution in [0.4, 0.5) is 0 Å². The molecule has 0 aliphatic rings. The van der Waals surface area contributed by atoms with Crippen LogP contribution < -0.4 is 0 Å². The first-order chi connectivity index (χ1) is 6.79. The topological polar surface area (TPSA) is 25.8 Å². The molecular weight excluding hydrogens is 212 g/mol. The smallest absolute Gasteiger partial charge is 0.0859 e. The van der Waals surface area contributed by atoms with Crippen LogP contribution in [0.3, 0.4) is 0 Å². The molecule has 3 aromatic rings. The molecule has 2 heterocycles. The van der Waals surface area contributed by atoms with Crippen molar-refractivity contribution in [2.24, 2.45) is 0 Å². The van der Waals surface area contributed by atoms with Crippen LogP contribution in [0.5, 0.6) is 0 Å². The van der Waals surface area contributed by atoms with Crippen molar-refractivity contribution in [1.29, 1.82) is 0 Å². The molecule has 0 saturated carbocycles. The van der Waals surface area contributed by atoms with Gasteiger partial charge in [-0.2, -0.15) is 0 Å². The van der Waals surface area contributed by atoms with E-state index in [1.807, 2.05) is 11.0 Å². The van der Waals surface area contributed by atoms with Gasteiger partial charge in [-0.05, 0) is 25.0 Å². The van der Waals surface area contributed by atoms with Gasteiger partial charge in [-0.3, -0.25) is 0 Å². The van der Waals surface area contributed by atoms with E-state index in [-0.39, 0.29) is 0 Å². The Morgan fingerprint density at radius 1 is 0.857 bits per heavy atom. The average Bonchev–Trinajstić information content (AvgIpc) is 2.80. The molecule has 4 heteroatoms. The molecule has 0 aliphatic carbocycles. The summed E-state index contributed by atoms with van der Waals surface area (Å²) in [6.45, 7) is 4.24. The zero-order valence-electron chi connectivity index (χ0n) is 7.87. The number of aryl methyl sites for hydroxylation is 2. The third-order valence-corrected chi connectivity index (χ3v) is 4.43. The van der Waals surface area contributed by atoms with Crippen LogP contribution in [0.25, 0.3) is 20.4 Å². The molecule has 0 radical (unpaired) electrons. The van der Waals surface area contributed by atoms with Crippen molar-refractivity contribution in [3.63, 3.8) is 0 Å². The lowest BCUT2D eigenvalue weighted by molar-refractivity contribution is 1.34. The molecule has 0 spiro atoms. The Kier molecular flexibility index (Phi) is 1.63. The van der Waals surface area contributed by atoms with Crippen molar-refractivity contribution in [2.75, 3.05) is 0 Å². The van der Waals surface area contributed by atoms with Gasteiger partial charge < -0.3 is 0 Å². The van der Waals surface area contributed by atoms with Crippen LogP contribution in [0.1, 0.15) is 11.1 Å². The molecule has 2 nitrogen and oxygen atoms in total. The van der Waals surface area contributed by atoms with E-state index in [9.17, 15) is 0 Å². The Morgan fingerprint density at radius 2 is 1.29 bits per heavy atom. The second kappa shape index (κ2) is 2.74. The number of hydrogen-bond donors (Lipinski definition) is 0. The first-order valence-electron chi connectivity index (χ1n) is 4.34. The summed E-state index contributed by atoms with van der Waals surface area (Å²) in [5.41, 5.74) is 8.64. The lowest BCUT2D eigenvalue weighted by atomic mass is 10.1. The standard InChI is InChI=1S/C10H8N2S2/c1-5-6(2)8-10(14-4-12-8)9-7(5)11-3-13-9/h3-4H,1-2H3. The van der Waals surface area contributed by atoms with Gasteiger partial charge in [0.15, 0.2) is 0 Å². The maximum Gasteiger partial charge on any atom is 0.0859 e. The summed E-state index contributed by atoms with van der Waals surface area (Å²) < 4.78 is 2.57.